The van der Waals surface area contributed by atoms with Crippen LogP contribution in [-0.2, 0) is 18.8 Å². The van der Waals surface area contributed by atoms with E-state index in [2.05, 4.69) is 39.1 Å². The van der Waals surface area contributed by atoms with Gasteiger partial charge in [0.25, 0.3) is 0 Å². The van der Waals surface area contributed by atoms with E-state index in [-0.39, 0.29) is 17.9 Å². The molecule has 4 aliphatic rings. The molecule has 6 heterocycles. The van der Waals surface area contributed by atoms with Crippen molar-refractivity contribution in [2.24, 2.45) is 5.92 Å². The highest BCUT2D eigenvalue weighted by Gasteiger charge is 2.52. The summed E-state index contributed by atoms with van der Waals surface area (Å²) < 4.78 is 43.3. The molecule has 3 atom stereocenters. The lowest BCUT2D eigenvalue weighted by atomic mass is 9.78. The minimum Gasteiger partial charge on any atom is -0.464 e. The number of benzene rings is 2. The van der Waals surface area contributed by atoms with Crippen molar-refractivity contribution in [2.75, 3.05) is 13.7 Å². The van der Waals surface area contributed by atoms with Crippen molar-refractivity contribution >= 4 is 46.8 Å². The quantitative estimate of drug-likeness (QED) is 0.151. The highest BCUT2D eigenvalue weighted by atomic mass is 32.1. The molecule has 5 aromatic rings. The summed E-state index contributed by atoms with van der Waals surface area (Å²) in [6.07, 6.45) is 5.66. The van der Waals surface area contributed by atoms with Crippen LogP contribution in [0.2, 0.25) is 0 Å². The lowest BCUT2D eigenvalue weighted by Crippen LogP contribution is -2.51. The van der Waals surface area contributed by atoms with Crippen LogP contribution in [0.4, 0.5) is 9.18 Å². The molecule has 11 nitrogen and oxygen atoms in total. The number of imidazole rings is 1. The van der Waals surface area contributed by atoms with Crippen LogP contribution < -0.4 is 15.5 Å². The first kappa shape index (κ1) is 37.9. The van der Waals surface area contributed by atoms with Gasteiger partial charge in [-0.1, -0.05) is 32.4 Å². The third kappa shape index (κ3) is 6.44. The first-order chi connectivity index (χ1) is 27.2. The third-order valence-electron chi connectivity index (χ3n) is 12.7. The zero-order chi connectivity index (χ0) is 40.0. The number of hydrogen-bond donors (Lipinski definition) is 2. The van der Waals surface area contributed by atoms with Gasteiger partial charge in [0, 0.05) is 22.4 Å². The van der Waals surface area contributed by atoms with E-state index in [0.717, 1.165) is 33.4 Å². The highest BCUT2D eigenvalue weighted by molar-refractivity contribution is 7.12. The van der Waals surface area contributed by atoms with Gasteiger partial charge in [-0.05, 0) is 107 Å². The van der Waals surface area contributed by atoms with E-state index in [1.54, 1.807) is 22.4 Å². The Bertz CT molecular complexity index is 2370. The number of carbonyl (C=O) groups excluding carboxylic acids is 2. The van der Waals surface area contributed by atoms with Crippen molar-refractivity contribution < 1.29 is 32.8 Å². The number of aromatic amines is 1. The molecule has 3 aliphatic heterocycles. The predicted molar refractivity (Wildman–Crippen MR) is 218 cm³/mol. The Morgan fingerprint density at radius 1 is 1.02 bits per heavy atom. The maximum absolute atomic E-state index is 16.7. The van der Waals surface area contributed by atoms with E-state index in [0.29, 0.717) is 47.3 Å². The Balaban J connectivity index is 1.07. The van der Waals surface area contributed by atoms with Gasteiger partial charge in [0.15, 0.2) is 0 Å². The van der Waals surface area contributed by atoms with Crippen molar-refractivity contribution in [3.05, 3.63) is 76.1 Å². The zero-order valence-electron chi connectivity index (χ0n) is 33.5. The fraction of sp³-hybridized carbons (Fsp3) is 0.465. The molecule has 9 rings (SSSR count). The smallest absolute Gasteiger partial charge is 0.464 e. The molecule has 298 valence electrons. The predicted octanol–water partition coefficient (Wildman–Crippen LogP) is 8.45. The minimum absolute atomic E-state index is 0.151. The Morgan fingerprint density at radius 3 is 2.47 bits per heavy atom. The average molecular weight is 794 g/mol. The highest BCUT2D eigenvalue weighted by Crippen LogP contribution is 2.49. The zero-order valence-corrected chi connectivity index (χ0v) is 34.3. The number of amides is 2. The number of nitrogens with zero attached hydrogens (tertiary/aromatic N) is 3. The molecule has 3 fully saturated rings. The molecule has 2 aromatic carbocycles. The van der Waals surface area contributed by atoms with Crippen LogP contribution in [0.1, 0.15) is 107 Å². The second-order valence-corrected chi connectivity index (χ2v) is 18.4. The standard InChI is InChI=1S/C43H49BFN5O6S/c1-23(2)37(48-41(52)53-7)39(51)49-17-9-12-31(49)38-46-22-29(47-38)25-19-28(45)36-32-20-26-18-27(44-55-42(3,4)43(5,6)56-44)13-14-30(26)50(32)40(54-33(36)21-25)35-16-15-34(57-35)24-10-8-11-24/h13-16,18-24,31,37,40H,8-12,17H2,1-7H3,(H,46,47)(H,48,52)/t31-,37-,40?/m0/s1. The summed E-state index contributed by atoms with van der Waals surface area (Å²) >= 11 is 1.77. The first-order valence-electron chi connectivity index (χ1n) is 20.0. The van der Waals surface area contributed by atoms with Crippen molar-refractivity contribution in [3.8, 4) is 28.3 Å². The summed E-state index contributed by atoms with van der Waals surface area (Å²) in [6, 6.07) is 14.9. The summed E-state index contributed by atoms with van der Waals surface area (Å²) in [5, 5.41) is 3.63. The number of thiophene rings is 1. The number of alkyl carbamates (subject to hydrolysis) is 1. The Labute approximate surface area is 336 Å². The summed E-state index contributed by atoms with van der Waals surface area (Å²) in [5.41, 5.74) is 3.19. The van der Waals surface area contributed by atoms with Gasteiger partial charge in [0.1, 0.15) is 23.4 Å². The number of likely N-dealkylation sites (tertiary alicyclic amines) is 1. The number of fused-ring (bicyclic) bond motifs is 5. The lowest BCUT2D eigenvalue weighted by molar-refractivity contribution is -0.135. The second-order valence-electron chi connectivity index (χ2n) is 17.2. The van der Waals surface area contributed by atoms with Gasteiger partial charge in [-0.3, -0.25) is 9.36 Å². The number of hydrogen-bond acceptors (Lipinski definition) is 8. The molecule has 57 heavy (non-hydrogen) atoms. The number of ether oxygens (including phenoxy) is 2. The van der Waals surface area contributed by atoms with Crippen molar-refractivity contribution in [3.63, 3.8) is 0 Å². The fourth-order valence-electron chi connectivity index (χ4n) is 8.52. The van der Waals surface area contributed by atoms with E-state index >= 15 is 4.39 Å². The molecule has 1 saturated carbocycles. The number of H-pyrrole nitrogens is 1. The monoisotopic (exact) mass is 793 g/mol. The number of aromatic nitrogens is 3. The van der Waals surface area contributed by atoms with E-state index < -0.39 is 42.5 Å². The van der Waals surface area contributed by atoms with Gasteiger partial charge in [-0.15, -0.1) is 11.3 Å². The second kappa shape index (κ2) is 14.0. The maximum Gasteiger partial charge on any atom is 0.494 e. The normalized spacial score (nSPS) is 21.6. The van der Waals surface area contributed by atoms with E-state index in [1.807, 2.05) is 59.7 Å². The molecule has 0 spiro atoms. The molecule has 1 aliphatic carbocycles. The fourth-order valence-corrected chi connectivity index (χ4v) is 9.72. The van der Waals surface area contributed by atoms with Crippen LogP contribution in [0.25, 0.3) is 33.4 Å². The maximum atomic E-state index is 16.7. The van der Waals surface area contributed by atoms with E-state index in [9.17, 15) is 9.59 Å². The lowest BCUT2D eigenvalue weighted by Gasteiger charge is -2.32. The van der Waals surface area contributed by atoms with E-state index in [4.69, 9.17) is 23.8 Å². The average Bonchev–Trinajstić information content (AvgIpc) is 3.98. The third-order valence-corrected chi connectivity index (χ3v) is 14.0. The van der Waals surface area contributed by atoms with Gasteiger partial charge in [-0.2, -0.15) is 0 Å². The Kier molecular flexibility index (Phi) is 9.32. The number of rotatable bonds is 8. The van der Waals surface area contributed by atoms with E-state index in [1.165, 1.54) is 37.3 Å². The van der Waals surface area contributed by atoms with Gasteiger partial charge in [0.05, 0.1) is 57.9 Å². The Morgan fingerprint density at radius 2 is 1.77 bits per heavy atom. The number of carbonyl (C=O) groups is 2. The minimum atomic E-state index is -0.744. The van der Waals surface area contributed by atoms with Gasteiger partial charge < -0.3 is 34.0 Å². The molecular formula is C43H49BFN5O6S. The van der Waals surface area contributed by atoms with Crippen LogP contribution >= 0.6 is 11.3 Å². The van der Waals surface area contributed by atoms with Crippen molar-refractivity contribution in [1.29, 1.82) is 0 Å². The van der Waals surface area contributed by atoms with Crippen LogP contribution in [-0.4, -0.2) is 69.5 Å². The molecular weight excluding hydrogens is 744 g/mol. The number of nitrogens with one attached hydrogen (secondary N) is 2. The van der Waals surface area contributed by atoms with Crippen LogP contribution in [0.15, 0.2) is 54.7 Å². The SMILES string of the molecule is COC(=O)N[C@H](C(=O)N1CCC[C@H]1c1ncc(-c2cc(F)c3c(c2)OC(c2ccc(C4CCC4)s2)n2c-3cc3cc(B4OC(C)(C)C(C)(C)O4)ccc32)[nH]1)C(C)C. The molecule has 0 radical (unpaired) electrons. The topological polar surface area (TPSA) is 120 Å². The number of halogens is 1. The molecule has 2 saturated heterocycles. The first-order valence-corrected chi connectivity index (χ1v) is 20.9. The summed E-state index contributed by atoms with van der Waals surface area (Å²) in [4.78, 5) is 38.1. The summed E-state index contributed by atoms with van der Waals surface area (Å²) in [5.74, 6) is 0.865. The summed E-state index contributed by atoms with van der Waals surface area (Å²) in [7, 11) is 0.751. The van der Waals surface area contributed by atoms with Crippen LogP contribution in [0.5, 0.6) is 5.75 Å². The van der Waals surface area contributed by atoms with Crippen LogP contribution in [0, 0.1) is 11.7 Å². The van der Waals surface area contributed by atoms with Gasteiger partial charge in [0.2, 0.25) is 12.1 Å². The van der Waals surface area contributed by atoms with Crippen molar-refractivity contribution in [1.82, 2.24) is 24.8 Å². The largest absolute Gasteiger partial charge is 0.494 e. The molecule has 14 heteroatoms. The molecule has 0 bridgehead atoms. The van der Waals surface area contributed by atoms with Crippen molar-refractivity contribution in [2.45, 2.75) is 109 Å². The number of methoxy groups -OCH3 is 1. The molecule has 3 aromatic heterocycles. The molecule has 2 N–H and O–H groups in total. The van der Waals surface area contributed by atoms with Gasteiger partial charge in [-0.25, -0.2) is 14.2 Å². The molecule has 2 amide bonds. The Hall–Kier alpha value is -4.66. The summed E-state index contributed by atoms with van der Waals surface area (Å²) in [6.45, 7) is 12.5. The van der Waals surface area contributed by atoms with Crippen LogP contribution in [0.3, 0.4) is 0 Å². The molecule has 1 unspecified atom stereocenters. The van der Waals surface area contributed by atoms with Gasteiger partial charge >= 0.3 is 13.2 Å².